The van der Waals surface area contributed by atoms with Crippen LogP contribution in [0.15, 0.2) is 24.3 Å². The van der Waals surface area contributed by atoms with Crippen LogP contribution in [-0.2, 0) is 9.59 Å². The second-order valence-electron chi connectivity index (χ2n) is 8.65. The van der Waals surface area contributed by atoms with Gasteiger partial charge < -0.3 is 4.90 Å². The van der Waals surface area contributed by atoms with E-state index in [2.05, 4.69) is 0 Å². The third-order valence-electron chi connectivity index (χ3n) is 7.19. The molecule has 4 atom stereocenters. The quantitative estimate of drug-likeness (QED) is 0.755. The van der Waals surface area contributed by atoms with E-state index in [4.69, 9.17) is 0 Å². The van der Waals surface area contributed by atoms with E-state index in [1.165, 1.54) is 17.7 Å². The van der Waals surface area contributed by atoms with Gasteiger partial charge in [0, 0.05) is 18.7 Å². The van der Waals surface area contributed by atoms with Gasteiger partial charge in [0.1, 0.15) is 0 Å². The Morgan fingerprint density at radius 2 is 1.37 bits per heavy atom. The first-order chi connectivity index (χ1) is 13.1. The zero-order chi connectivity index (χ0) is 18.5. The lowest BCUT2D eigenvalue weighted by molar-refractivity contribution is -0.123. The van der Waals surface area contributed by atoms with Gasteiger partial charge >= 0.3 is 0 Å². The summed E-state index contributed by atoms with van der Waals surface area (Å²) in [5.74, 6) is 0.588. The van der Waals surface area contributed by atoms with Gasteiger partial charge in [-0.2, -0.15) is 0 Å². The highest BCUT2D eigenvalue weighted by Gasteiger charge is 2.61. The van der Waals surface area contributed by atoms with Gasteiger partial charge in [-0.05, 0) is 68.2 Å². The minimum atomic E-state index is -0.102. The lowest BCUT2D eigenvalue weighted by Crippen LogP contribution is -2.33. The van der Waals surface area contributed by atoms with E-state index in [0.717, 1.165) is 45.2 Å². The van der Waals surface area contributed by atoms with Gasteiger partial charge in [-0.25, -0.2) is 0 Å². The molecule has 0 aromatic heterocycles. The Morgan fingerprint density at radius 3 is 1.93 bits per heavy atom. The maximum atomic E-state index is 12.9. The number of benzene rings is 1. The molecule has 27 heavy (non-hydrogen) atoms. The molecule has 4 fully saturated rings. The number of rotatable bonds is 2. The van der Waals surface area contributed by atoms with Crippen LogP contribution in [0.5, 0.6) is 0 Å². The molecule has 2 aliphatic heterocycles. The first-order valence-corrected chi connectivity index (χ1v) is 10.4. The number of carbonyl (C=O) groups is 3. The van der Waals surface area contributed by atoms with Crippen LogP contribution in [0, 0.1) is 23.7 Å². The predicted octanol–water partition coefficient (Wildman–Crippen LogP) is 3.24. The van der Waals surface area contributed by atoms with Crippen molar-refractivity contribution in [3.8, 4) is 0 Å². The number of hydrogen-bond acceptors (Lipinski definition) is 3. The van der Waals surface area contributed by atoms with Crippen LogP contribution in [0.4, 0.5) is 5.69 Å². The van der Waals surface area contributed by atoms with Gasteiger partial charge in [-0.15, -0.1) is 0 Å². The van der Waals surface area contributed by atoms with Crippen molar-refractivity contribution in [2.45, 2.75) is 44.9 Å². The molecule has 2 heterocycles. The Balaban J connectivity index is 1.35. The van der Waals surface area contributed by atoms with Crippen molar-refractivity contribution in [2.24, 2.45) is 23.7 Å². The fraction of sp³-hybridized carbons (Fsp3) is 0.591. The molecule has 0 N–H and O–H groups in total. The van der Waals surface area contributed by atoms with Crippen LogP contribution in [0.1, 0.15) is 55.3 Å². The topological polar surface area (TPSA) is 57.7 Å². The molecule has 2 saturated heterocycles. The van der Waals surface area contributed by atoms with E-state index < -0.39 is 0 Å². The number of carbonyl (C=O) groups excluding carboxylic acids is 3. The minimum absolute atomic E-state index is 0.0243. The van der Waals surface area contributed by atoms with E-state index >= 15 is 0 Å². The third-order valence-corrected chi connectivity index (χ3v) is 7.19. The highest BCUT2D eigenvalue weighted by molar-refractivity contribution is 6.22. The van der Waals surface area contributed by atoms with Crippen LogP contribution < -0.4 is 4.90 Å². The number of anilines is 1. The standard InChI is InChI=1S/C22H26N2O3/c25-20(23-11-3-1-2-4-12-23)14-7-9-17(10-8-14)24-21(26)18-15-5-6-16(13-15)19(18)22(24)27/h7-10,15-16,18-19H,1-6,11-13H2. The van der Waals surface area contributed by atoms with E-state index in [1.54, 1.807) is 24.3 Å². The molecular weight excluding hydrogens is 340 g/mol. The summed E-state index contributed by atoms with van der Waals surface area (Å²) in [6.07, 6.45) is 7.71. The van der Waals surface area contributed by atoms with Crippen molar-refractivity contribution in [3.05, 3.63) is 29.8 Å². The summed E-state index contributed by atoms with van der Waals surface area (Å²) in [5.41, 5.74) is 1.26. The van der Waals surface area contributed by atoms with Crippen LogP contribution in [0.2, 0.25) is 0 Å². The Morgan fingerprint density at radius 1 is 0.815 bits per heavy atom. The van der Waals surface area contributed by atoms with Gasteiger partial charge in [-0.3, -0.25) is 19.3 Å². The van der Waals surface area contributed by atoms with Gasteiger partial charge in [0.25, 0.3) is 5.91 Å². The molecule has 2 saturated carbocycles. The van der Waals surface area contributed by atoms with Crippen LogP contribution >= 0.6 is 0 Å². The predicted molar refractivity (Wildman–Crippen MR) is 101 cm³/mol. The average Bonchev–Trinajstić information content (AvgIpc) is 3.28. The number of fused-ring (bicyclic) bond motifs is 5. The average molecular weight is 366 g/mol. The smallest absolute Gasteiger partial charge is 0.253 e. The lowest BCUT2D eigenvalue weighted by Gasteiger charge is -2.21. The largest absolute Gasteiger partial charge is 0.339 e. The Labute approximate surface area is 159 Å². The van der Waals surface area contributed by atoms with Crippen molar-refractivity contribution in [3.63, 3.8) is 0 Å². The van der Waals surface area contributed by atoms with Crippen molar-refractivity contribution >= 4 is 23.4 Å². The SMILES string of the molecule is O=C(c1ccc(N2C(=O)C3C4CCC(C4)C3C2=O)cc1)N1CCCCCC1. The summed E-state index contributed by atoms with van der Waals surface area (Å²) in [5, 5.41) is 0. The first kappa shape index (κ1) is 17.0. The van der Waals surface area contributed by atoms with E-state index in [1.807, 2.05) is 4.90 Å². The number of likely N-dealkylation sites (tertiary alicyclic amines) is 1. The Hall–Kier alpha value is -2.17. The van der Waals surface area contributed by atoms with Crippen molar-refractivity contribution in [2.75, 3.05) is 18.0 Å². The molecule has 1 aromatic rings. The van der Waals surface area contributed by atoms with E-state index in [0.29, 0.717) is 23.1 Å². The lowest BCUT2D eigenvalue weighted by atomic mass is 9.81. The molecule has 5 nitrogen and oxygen atoms in total. The highest BCUT2D eigenvalue weighted by atomic mass is 16.2. The van der Waals surface area contributed by atoms with Crippen LogP contribution in [-0.4, -0.2) is 35.7 Å². The summed E-state index contributed by atoms with van der Waals surface area (Å²) < 4.78 is 0. The Kier molecular flexibility index (Phi) is 4.06. The molecule has 4 unspecified atom stereocenters. The molecule has 0 radical (unpaired) electrons. The van der Waals surface area contributed by atoms with Gasteiger partial charge in [0.15, 0.2) is 0 Å². The molecule has 4 aliphatic rings. The zero-order valence-electron chi connectivity index (χ0n) is 15.6. The number of nitrogens with zero attached hydrogens (tertiary/aromatic N) is 2. The fourth-order valence-electron chi connectivity index (χ4n) is 5.87. The maximum absolute atomic E-state index is 12.9. The van der Waals surface area contributed by atoms with E-state index in [-0.39, 0.29) is 29.6 Å². The summed E-state index contributed by atoms with van der Waals surface area (Å²) in [6.45, 7) is 1.63. The summed E-state index contributed by atoms with van der Waals surface area (Å²) in [4.78, 5) is 41.9. The molecule has 5 rings (SSSR count). The van der Waals surface area contributed by atoms with Crippen molar-refractivity contribution in [1.29, 1.82) is 0 Å². The zero-order valence-corrected chi connectivity index (χ0v) is 15.6. The van der Waals surface area contributed by atoms with Gasteiger partial charge in [0.05, 0.1) is 17.5 Å². The molecular formula is C22H26N2O3. The van der Waals surface area contributed by atoms with Crippen LogP contribution in [0.25, 0.3) is 0 Å². The molecule has 2 bridgehead atoms. The first-order valence-electron chi connectivity index (χ1n) is 10.4. The molecule has 0 spiro atoms. The minimum Gasteiger partial charge on any atom is -0.339 e. The fourth-order valence-corrected chi connectivity index (χ4v) is 5.87. The summed E-state index contributed by atoms with van der Waals surface area (Å²) in [6, 6.07) is 7.07. The maximum Gasteiger partial charge on any atom is 0.253 e. The third kappa shape index (κ3) is 2.62. The normalized spacial score (nSPS) is 32.7. The molecule has 3 amide bonds. The van der Waals surface area contributed by atoms with Gasteiger partial charge in [0.2, 0.25) is 11.8 Å². The molecule has 2 aliphatic carbocycles. The monoisotopic (exact) mass is 366 g/mol. The molecule has 142 valence electrons. The second kappa shape index (κ2) is 6.47. The van der Waals surface area contributed by atoms with Crippen molar-refractivity contribution in [1.82, 2.24) is 4.90 Å². The number of hydrogen-bond donors (Lipinski definition) is 0. The number of amides is 3. The van der Waals surface area contributed by atoms with Gasteiger partial charge in [-0.1, -0.05) is 12.8 Å². The highest BCUT2D eigenvalue weighted by Crippen LogP contribution is 2.56. The van der Waals surface area contributed by atoms with E-state index in [9.17, 15) is 14.4 Å². The molecule has 5 heteroatoms. The Bertz CT molecular complexity index is 751. The second-order valence-corrected chi connectivity index (χ2v) is 8.65. The van der Waals surface area contributed by atoms with Crippen molar-refractivity contribution < 1.29 is 14.4 Å². The molecule has 1 aromatic carbocycles. The van der Waals surface area contributed by atoms with Crippen LogP contribution in [0.3, 0.4) is 0 Å². The summed E-state index contributed by atoms with van der Waals surface area (Å²) in [7, 11) is 0. The summed E-state index contributed by atoms with van der Waals surface area (Å²) >= 11 is 0. The number of imide groups is 1.